The smallest absolute Gasteiger partial charge is 0.348 e. The largest absolute Gasteiger partial charge is 0.416 e. The first-order valence-corrected chi connectivity index (χ1v) is 10.9. The van der Waals surface area contributed by atoms with E-state index in [0.717, 1.165) is 12.1 Å². The molecule has 1 atom stereocenters. The van der Waals surface area contributed by atoms with Crippen molar-refractivity contribution in [3.63, 3.8) is 0 Å². The molecule has 2 aromatic heterocycles. The SMILES string of the molecule is NC(Cc1cccc(C(F)(F)F)c1)C(=O)NCc1nc2cccnc2n1Cc1ccc(F)c(Cl)c1. The molecule has 0 radical (unpaired) electrons. The number of fused-ring (bicyclic) bond motifs is 1. The Hall–Kier alpha value is -3.50. The molecule has 6 nitrogen and oxygen atoms in total. The molecule has 35 heavy (non-hydrogen) atoms. The Bertz CT molecular complexity index is 1370. The Morgan fingerprint density at radius 3 is 2.66 bits per heavy atom. The van der Waals surface area contributed by atoms with E-state index < -0.39 is 29.5 Å². The molecule has 1 unspecified atom stereocenters. The quantitative estimate of drug-likeness (QED) is 0.363. The van der Waals surface area contributed by atoms with Crippen molar-refractivity contribution in [1.82, 2.24) is 19.9 Å². The first-order chi connectivity index (χ1) is 16.6. The van der Waals surface area contributed by atoms with E-state index >= 15 is 0 Å². The summed E-state index contributed by atoms with van der Waals surface area (Å²) in [6.45, 7) is 0.273. The molecule has 0 saturated carbocycles. The third-order valence-corrected chi connectivity index (χ3v) is 5.66. The van der Waals surface area contributed by atoms with E-state index in [1.54, 1.807) is 29.0 Å². The first kappa shape index (κ1) is 24.6. The standard InChI is InChI=1S/C24H20ClF4N5O/c25-17-10-15(6-7-18(17)26)13-34-21(33-20-5-2-8-31-22(20)34)12-32-23(35)19(30)11-14-3-1-4-16(9-14)24(27,28)29/h1-10,19H,11-13,30H2,(H,32,35). The van der Waals surface area contributed by atoms with E-state index in [2.05, 4.69) is 15.3 Å². The van der Waals surface area contributed by atoms with Crippen molar-refractivity contribution in [2.75, 3.05) is 0 Å². The maximum absolute atomic E-state index is 13.6. The second kappa shape index (κ2) is 10.0. The monoisotopic (exact) mass is 505 g/mol. The van der Waals surface area contributed by atoms with Crippen LogP contribution in [0.15, 0.2) is 60.8 Å². The molecule has 0 spiro atoms. The van der Waals surface area contributed by atoms with Gasteiger partial charge in [-0.2, -0.15) is 13.2 Å². The predicted octanol–water partition coefficient (Wildman–Crippen LogP) is 4.48. The summed E-state index contributed by atoms with van der Waals surface area (Å²) < 4.78 is 54.2. The second-order valence-electron chi connectivity index (χ2n) is 7.94. The molecule has 3 N–H and O–H groups in total. The summed E-state index contributed by atoms with van der Waals surface area (Å²) in [5.41, 5.74) is 7.31. The number of nitrogens with zero attached hydrogens (tertiary/aromatic N) is 3. The minimum atomic E-state index is -4.48. The van der Waals surface area contributed by atoms with Crippen molar-refractivity contribution in [2.45, 2.75) is 31.7 Å². The number of carbonyl (C=O) groups is 1. The first-order valence-electron chi connectivity index (χ1n) is 10.6. The molecule has 4 rings (SSSR count). The zero-order valence-corrected chi connectivity index (χ0v) is 18.9. The van der Waals surface area contributed by atoms with Crippen LogP contribution >= 0.6 is 11.6 Å². The van der Waals surface area contributed by atoms with Crippen molar-refractivity contribution in [3.05, 3.63) is 94.1 Å². The number of alkyl halides is 3. The summed E-state index contributed by atoms with van der Waals surface area (Å²) in [7, 11) is 0. The van der Waals surface area contributed by atoms with Crippen molar-refractivity contribution in [3.8, 4) is 0 Å². The number of carbonyl (C=O) groups excluding carboxylic acids is 1. The topological polar surface area (TPSA) is 85.8 Å². The summed E-state index contributed by atoms with van der Waals surface area (Å²) in [5, 5.41) is 2.67. The molecular weight excluding hydrogens is 486 g/mol. The molecule has 182 valence electrons. The molecule has 0 fully saturated rings. The van der Waals surface area contributed by atoms with E-state index in [9.17, 15) is 22.4 Å². The maximum Gasteiger partial charge on any atom is 0.416 e. The molecular formula is C24H20ClF4N5O. The van der Waals surface area contributed by atoms with Gasteiger partial charge < -0.3 is 15.6 Å². The molecule has 11 heteroatoms. The Labute approximate surface area is 202 Å². The molecule has 0 bridgehead atoms. The molecule has 1 amide bonds. The van der Waals surface area contributed by atoms with Gasteiger partial charge in [0.2, 0.25) is 5.91 Å². The minimum Gasteiger partial charge on any atom is -0.348 e. The summed E-state index contributed by atoms with van der Waals surface area (Å²) in [6, 6.07) is 11.5. The van der Waals surface area contributed by atoms with E-state index in [1.165, 1.54) is 24.3 Å². The van der Waals surface area contributed by atoms with Crippen LogP contribution in [-0.2, 0) is 30.5 Å². The van der Waals surface area contributed by atoms with Crippen LogP contribution in [0.3, 0.4) is 0 Å². The van der Waals surface area contributed by atoms with Crippen molar-refractivity contribution < 1.29 is 22.4 Å². The number of benzene rings is 2. The fraction of sp³-hybridized carbons (Fsp3) is 0.208. The normalized spacial score (nSPS) is 12.6. The van der Waals surface area contributed by atoms with Gasteiger partial charge in [-0.1, -0.05) is 35.9 Å². The zero-order chi connectivity index (χ0) is 25.2. The van der Waals surface area contributed by atoms with Crippen LogP contribution in [0, 0.1) is 5.82 Å². The lowest BCUT2D eigenvalue weighted by Crippen LogP contribution is -2.42. The average molecular weight is 506 g/mol. The third kappa shape index (κ3) is 5.77. The lowest BCUT2D eigenvalue weighted by Gasteiger charge is -2.14. The van der Waals surface area contributed by atoms with Gasteiger partial charge in [0.05, 0.1) is 29.7 Å². The lowest BCUT2D eigenvalue weighted by atomic mass is 10.0. The molecule has 2 aromatic carbocycles. The number of hydrogen-bond donors (Lipinski definition) is 2. The Morgan fingerprint density at radius 2 is 1.91 bits per heavy atom. The molecule has 4 aromatic rings. The van der Waals surface area contributed by atoms with Crippen LogP contribution in [-0.4, -0.2) is 26.5 Å². The van der Waals surface area contributed by atoms with E-state index in [0.29, 0.717) is 28.1 Å². The van der Waals surface area contributed by atoms with Gasteiger partial charge in [0, 0.05) is 6.20 Å². The lowest BCUT2D eigenvalue weighted by molar-refractivity contribution is -0.137. The van der Waals surface area contributed by atoms with Gasteiger partial charge in [-0.05, 0) is 47.9 Å². The number of amides is 1. The Kier molecular flexibility index (Phi) is 7.04. The minimum absolute atomic E-state index is 0.000408. The summed E-state index contributed by atoms with van der Waals surface area (Å²) >= 11 is 5.90. The number of rotatable bonds is 7. The van der Waals surface area contributed by atoms with Crippen LogP contribution in [0.5, 0.6) is 0 Å². The van der Waals surface area contributed by atoms with Crippen LogP contribution < -0.4 is 11.1 Å². The molecule has 0 aliphatic rings. The number of nitrogens with one attached hydrogen (secondary N) is 1. The predicted molar refractivity (Wildman–Crippen MR) is 123 cm³/mol. The van der Waals surface area contributed by atoms with Gasteiger partial charge in [0.25, 0.3) is 0 Å². The van der Waals surface area contributed by atoms with Crippen molar-refractivity contribution in [2.24, 2.45) is 5.73 Å². The van der Waals surface area contributed by atoms with Gasteiger partial charge >= 0.3 is 6.18 Å². The van der Waals surface area contributed by atoms with Crippen molar-refractivity contribution in [1.29, 1.82) is 0 Å². The van der Waals surface area contributed by atoms with Crippen LogP contribution in [0.4, 0.5) is 17.6 Å². The number of nitrogens with two attached hydrogens (primary N) is 1. The van der Waals surface area contributed by atoms with E-state index in [4.69, 9.17) is 17.3 Å². The number of hydrogen-bond acceptors (Lipinski definition) is 4. The average Bonchev–Trinajstić information content (AvgIpc) is 3.16. The van der Waals surface area contributed by atoms with E-state index in [-0.39, 0.29) is 24.5 Å². The van der Waals surface area contributed by atoms with Gasteiger partial charge in [-0.3, -0.25) is 4.79 Å². The molecule has 0 aliphatic heterocycles. The highest BCUT2D eigenvalue weighted by Gasteiger charge is 2.30. The summed E-state index contributed by atoms with van der Waals surface area (Å²) in [5.74, 6) is -0.608. The fourth-order valence-corrected chi connectivity index (χ4v) is 3.85. The maximum atomic E-state index is 13.6. The Morgan fingerprint density at radius 1 is 1.11 bits per heavy atom. The van der Waals surface area contributed by atoms with Crippen molar-refractivity contribution >= 4 is 28.7 Å². The van der Waals surface area contributed by atoms with Gasteiger partial charge in [0.15, 0.2) is 5.65 Å². The highest BCUT2D eigenvalue weighted by molar-refractivity contribution is 6.30. The van der Waals surface area contributed by atoms with Gasteiger partial charge in [0.1, 0.15) is 17.2 Å². The zero-order valence-electron chi connectivity index (χ0n) is 18.2. The number of halogens is 5. The van der Waals surface area contributed by atoms with Gasteiger partial charge in [-0.15, -0.1) is 0 Å². The van der Waals surface area contributed by atoms with Crippen LogP contribution in [0.2, 0.25) is 5.02 Å². The summed E-state index contributed by atoms with van der Waals surface area (Å²) in [4.78, 5) is 21.5. The van der Waals surface area contributed by atoms with Crippen LogP contribution in [0.1, 0.15) is 22.5 Å². The molecule has 2 heterocycles. The van der Waals surface area contributed by atoms with Crippen LogP contribution in [0.25, 0.3) is 11.2 Å². The number of imidazole rings is 1. The fourth-order valence-electron chi connectivity index (χ4n) is 3.65. The second-order valence-corrected chi connectivity index (χ2v) is 8.34. The Balaban J connectivity index is 1.49. The molecule has 0 saturated heterocycles. The number of pyridine rings is 1. The highest BCUT2D eigenvalue weighted by atomic mass is 35.5. The highest BCUT2D eigenvalue weighted by Crippen LogP contribution is 2.29. The third-order valence-electron chi connectivity index (χ3n) is 5.37. The van der Waals surface area contributed by atoms with E-state index in [1.807, 2.05) is 0 Å². The summed E-state index contributed by atoms with van der Waals surface area (Å²) in [6.07, 6.45) is -2.95. The molecule has 0 aliphatic carbocycles. The van der Waals surface area contributed by atoms with Gasteiger partial charge in [-0.25, -0.2) is 14.4 Å². The number of aromatic nitrogens is 3.